The molecule has 3 rings (SSSR count). The van der Waals surface area contributed by atoms with Gasteiger partial charge in [0.15, 0.2) is 12.0 Å². The van der Waals surface area contributed by atoms with E-state index in [1.807, 2.05) is 0 Å². The Morgan fingerprint density at radius 3 is 2.80 bits per heavy atom. The largest absolute Gasteiger partial charge is 0.449 e. The second-order valence-electron chi connectivity index (χ2n) is 6.22. The molecule has 1 aromatic heterocycles. The van der Waals surface area contributed by atoms with Crippen molar-refractivity contribution in [2.75, 3.05) is 11.9 Å². The lowest BCUT2D eigenvalue weighted by atomic mass is 10.1. The number of terminal acetylenes is 1. The zero-order valence-corrected chi connectivity index (χ0v) is 13.6. The van der Waals surface area contributed by atoms with Gasteiger partial charge in [0.05, 0.1) is 18.3 Å². The van der Waals surface area contributed by atoms with Crippen molar-refractivity contribution in [1.82, 2.24) is 9.55 Å². The molecule has 3 N–H and O–H groups in total. The molecule has 1 aliphatic heterocycles. The number of carbonyl (C=O) groups excluding carboxylic acids is 1. The van der Waals surface area contributed by atoms with Gasteiger partial charge in [0.2, 0.25) is 0 Å². The van der Waals surface area contributed by atoms with Crippen LogP contribution in [0.1, 0.15) is 31.6 Å². The number of nitrogens with one attached hydrogen (secondary N) is 1. The minimum Gasteiger partial charge on any atom is -0.449 e. The second kappa shape index (κ2) is 6.84. The Hall–Kier alpha value is -2.41. The molecule has 4 atom stereocenters. The fourth-order valence-electron chi connectivity index (χ4n) is 2.52. The first-order valence-corrected chi connectivity index (χ1v) is 7.96. The molecule has 1 aliphatic carbocycles. The summed E-state index contributed by atoms with van der Waals surface area (Å²) in [5.41, 5.74) is -0.672. The third-order valence-electron chi connectivity index (χ3n) is 4.23. The maximum absolute atomic E-state index is 12.2. The van der Waals surface area contributed by atoms with E-state index in [0.717, 1.165) is 17.4 Å². The Kier molecular flexibility index (Phi) is 4.76. The summed E-state index contributed by atoms with van der Waals surface area (Å²) in [5, 5.41) is 22.1. The highest BCUT2D eigenvalue weighted by molar-refractivity contribution is 5.84. The van der Waals surface area contributed by atoms with Crippen molar-refractivity contribution in [3.05, 3.63) is 22.2 Å². The van der Waals surface area contributed by atoms with Crippen LogP contribution >= 0.6 is 0 Å². The van der Waals surface area contributed by atoms with Crippen LogP contribution in [0.4, 0.5) is 10.6 Å². The van der Waals surface area contributed by atoms with E-state index in [1.165, 1.54) is 6.20 Å². The molecule has 1 aromatic rings. The summed E-state index contributed by atoms with van der Waals surface area (Å²) < 4.78 is 11.4. The number of aromatic nitrogens is 2. The number of ether oxygens (including phenoxy) is 2. The zero-order chi connectivity index (χ0) is 18.1. The number of nitrogens with zero attached hydrogens (tertiary/aromatic N) is 2. The minimum atomic E-state index is -1.30. The highest BCUT2D eigenvalue weighted by Gasteiger charge is 2.42. The average molecular weight is 349 g/mol. The number of aliphatic hydroxyl groups is 2. The molecule has 9 heteroatoms. The van der Waals surface area contributed by atoms with Gasteiger partial charge in [0.1, 0.15) is 12.2 Å². The van der Waals surface area contributed by atoms with Crippen molar-refractivity contribution in [2.45, 2.75) is 44.3 Å². The Balaban J connectivity index is 1.80. The van der Waals surface area contributed by atoms with E-state index in [0.29, 0.717) is 12.5 Å². The molecule has 2 aliphatic rings. The summed E-state index contributed by atoms with van der Waals surface area (Å²) in [6, 6.07) is 0. The van der Waals surface area contributed by atoms with Gasteiger partial charge in [-0.05, 0) is 25.7 Å². The maximum atomic E-state index is 12.2. The molecule has 1 saturated carbocycles. The van der Waals surface area contributed by atoms with Crippen LogP contribution in [0.15, 0.2) is 11.0 Å². The number of hydrogen-bond acceptors (Lipinski definition) is 7. The lowest BCUT2D eigenvalue weighted by Gasteiger charge is -2.18. The van der Waals surface area contributed by atoms with Gasteiger partial charge < -0.3 is 19.7 Å². The van der Waals surface area contributed by atoms with Crippen molar-refractivity contribution in [2.24, 2.45) is 5.92 Å². The molecule has 2 fully saturated rings. The van der Waals surface area contributed by atoms with Gasteiger partial charge in [-0.25, -0.2) is 9.59 Å². The van der Waals surface area contributed by atoms with Crippen LogP contribution in [-0.4, -0.2) is 50.8 Å². The van der Waals surface area contributed by atoms with E-state index < -0.39 is 36.3 Å². The predicted octanol–water partition coefficient (Wildman–Crippen LogP) is -0.178. The van der Waals surface area contributed by atoms with E-state index in [-0.39, 0.29) is 11.4 Å². The van der Waals surface area contributed by atoms with Crippen molar-refractivity contribution in [3.63, 3.8) is 0 Å². The van der Waals surface area contributed by atoms with Gasteiger partial charge in [0, 0.05) is 6.20 Å². The third-order valence-corrected chi connectivity index (χ3v) is 4.23. The number of anilines is 1. The van der Waals surface area contributed by atoms with Crippen LogP contribution < -0.4 is 11.0 Å². The summed E-state index contributed by atoms with van der Waals surface area (Å²) in [6.45, 7) is 1.88. The van der Waals surface area contributed by atoms with Crippen molar-refractivity contribution in [1.29, 1.82) is 0 Å². The molecule has 1 saturated heterocycles. The molecule has 1 amide bonds. The lowest BCUT2D eigenvalue weighted by Crippen LogP contribution is -2.36. The Bertz CT molecular complexity index is 766. The maximum Gasteiger partial charge on any atom is 0.412 e. The summed E-state index contributed by atoms with van der Waals surface area (Å²) in [4.78, 5) is 27.7. The molecule has 2 heterocycles. The van der Waals surface area contributed by atoms with Crippen LogP contribution in [0.5, 0.6) is 0 Å². The first-order valence-electron chi connectivity index (χ1n) is 7.96. The summed E-state index contributed by atoms with van der Waals surface area (Å²) in [5.74, 6) is 2.60. The van der Waals surface area contributed by atoms with Crippen LogP contribution in [0.2, 0.25) is 0 Å². The molecule has 25 heavy (non-hydrogen) atoms. The Morgan fingerprint density at radius 1 is 1.52 bits per heavy atom. The fraction of sp³-hybridized carbons (Fsp3) is 0.562. The predicted molar refractivity (Wildman–Crippen MR) is 85.7 cm³/mol. The van der Waals surface area contributed by atoms with Gasteiger partial charge >= 0.3 is 11.8 Å². The van der Waals surface area contributed by atoms with E-state index in [4.69, 9.17) is 15.9 Å². The van der Waals surface area contributed by atoms with Crippen molar-refractivity contribution >= 4 is 11.9 Å². The van der Waals surface area contributed by atoms with Crippen LogP contribution in [0.25, 0.3) is 0 Å². The quantitative estimate of drug-likeness (QED) is 0.645. The first-order chi connectivity index (χ1) is 11.9. The standard InChI is InChI=1S/C16H19N3O6/c1-3-10-6-19(14-12(21)11(20)8(2)25-14)15(22)17-13(10)18-16(23)24-7-9-4-5-9/h1,6,8-9,11-12,14,20-21H,4-5,7H2,2H3,(H,17,18,22,23)/t8-,11?,12?,14-/m1/s1. The molecule has 2 unspecified atom stereocenters. The number of amides is 1. The first kappa shape index (κ1) is 17.4. The monoisotopic (exact) mass is 349 g/mol. The van der Waals surface area contributed by atoms with Crippen molar-refractivity contribution < 1.29 is 24.5 Å². The zero-order valence-electron chi connectivity index (χ0n) is 13.6. The molecular formula is C16H19N3O6. The smallest absolute Gasteiger partial charge is 0.412 e. The molecule has 0 spiro atoms. The summed E-state index contributed by atoms with van der Waals surface area (Å²) >= 11 is 0. The lowest BCUT2D eigenvalue weighted by molar-refractivity contribution is -0.0350. The van der Waals surface area contributed by atoms with Gasteiger partial charge in [-0.1, -0.05) is 5.92 Å². The van der Waals surface area contributed by atoms with Crippen LogP contribution in [-0.2, 0) is 9.47 Å². The SMILES string of the molecule is C#Cc1cn([C@@H]2O[C@H](C)C(O)C2O)c(=O)nc1NC(=O)OCC1CC1. The average Bonchev–Trinajstić information content (AvgIpc) is 3.37. The minimum absolute atomic E-state index is 0.106. The molecule has 0 radical (unpaired) electrons. The van der Waals surface area contributed by atoms with E-state index in [9.17, 15) is 19.8 Å². The van der Waals surface area contributed by atoms with Gasteiger partial charge in [-0.3, -0.25) is 9.88 Å². The fourth-order valence-corrected chi connectivity index (χ4v) is 2.52. The van der Waals surface area contributed by atoms with Gasteiger partial charge in [-0.2, -0.15) is 4.98 Å². The van der Waals surface area contributed by atoms with E-state index >= 15 is 0 Å². The third kappa shape index (κ3) is 3.66. The molecule has 0 aromatic carbocycles. The van der Waals surface area contributed by atoms with Gasteiger partial charge in [0.25, 0.3) is 0 Å². The van der Waals surface area contributed by atoms with E-state index in [1.54, 1.807) is 6.92 Å². The number of carbonyl (C=O) groups is 1. The molecule has 0 bridgehead atoms. The highest BCUT2D eigenvalue weighted by Crippen LogP contribution is 2.29. The van der Waals surface area contributed by atoms with Crippen molar-refractivity contribution in [3.8, 4) is 12.3 Å². The van der Waals surface area contributed by atoms with Crippen LogP contribution in [0, 0.1) is 18.3 Å². The highest BCUT2D eigenvalue weighted by atomic mass is 16.6. The topological polar surface area (TPSA) is 123 Å². The number of aliphatic hydroxyl groups excluding tert-OH is 2. The Morgan fingerprint density at radius 2 is 2.24 bits per heavy atom. The normalized spacial score (nSPS) is 28.4. The van der Waals surface area contributed by atoms with Gasteiger partial charge in [-0.15, -0.1) is 6.42 Å². The molecular weight excluding hydrogens is 330 g/mol. The summed E-state index contributed by atoms with van der Waals surface area (Å²) in [7, 11) is 0. The number of rotatable bonds is 4. The second-order valence-corrected chi connectivity index (χ2v) is 6.22. The van der Waals surface area contributed by atoms with E-state index in [2.05, 4.69) is 16.2 Å². The molecule has 134 valence electrons. The number of hydrogen-bond donors (Lipinski definition) is 3. The van der Waals surface area contributed by atoms with Crippen LogP contribution in [0.3, 0.4) is 0 Å². The Labute approximate surface area is 143 Å². The molecule has 9 nitrogen and oxygen atoms in total. The summed E-state index contributed by atoms with van der Waals surface area (Å²) in [6.07, 6.45) is 3.77.